The standard InChI is InChI=1S/C9H8Cl2N4OS/c10-5-3-1-2-4(6(5)11)7(8(12)16)14-15-9(13)17/h1-3H,(H2,12,16)(H3,13,15,17)/b14-7-. The number of hydrogen-bond donors (Lipinski definition) is 3. The van der Waals surface area contributed by atoms with Crippen molar-refractivity contribution in [2.45, 2.75) is 0 Å². The van der Waals surface area contributed by atoms with Gasteiger partial charge in [0, 0.05) is 5.56 Å². The molecule has 0 unspecified atom stereocenters. The normalized spacial score (nSPS) is 11.1. The highest BCUT2D eigenvalue weighted by molar-refractivity contribution is 7.80. The summed E-state index contributed by atoms with van der Waals surface area (Å²) in [6, 6.07) is 4.74. The number of carbonyl (C=O) groups excluding carboxylic acids is 1. The van der Waals surface area contributed by atoms with Crippen LogP contribution in [-0.4, -0.2) is 16.7 Å². The van der Waals surface area contributed by atoms with Crippen molar-refractivity contribution in [3.63, 3.8) is 0 Å². The molecule has 0 aromatic heterocycles. The van der Waals surface area contributed by atoms with Crippen LogP contribution in [0.3, 0.4) is 0 Å². The Morgan fingerprint density at radius 3 is 2.53 bits per heavy atom. The SMILES string of the molecule is NC(=O)/C(=N\NC(N)=S)c1cccc(Cl)c1Cl. The summed E-state index contributed by atoms with van der Waals surface area (Å²) in [6.07, 6.45) is 0. The molecular weight excluding hydrogens is 283 g/mol. The van der Waals surface area contributed by atoms with E-state index in [4.69, 9.17) is 34.7 Å². The molecule has 0 bridgehead atoms. The van der Waals surface area contributed by atoms with Crippen molar-refractivity contribution in [2.24, 2.45) is 16.6 Å². The van der Waals surface area contributed by atoms with E-state index >= 15 is 0 Å². The van der Waals surface area contributed by atoms with Gasteiger partial charge >= 0.3 is 0 Å². The smallest absolute Gasteiger partial charge is 0.269 e. The summed E-state index contributed by atoms with van der Waals surface area (Å²) in [5, 5.41) is 4.05. The van der Waals surface area contributed by atoms with Crippen LogP contribution in [0.4, 0.5) is 0 Å². The first-order valence-corrected chi connectivity index (χ1v) is 5.47. The maximum atomic E-state index is 11.2. The van der Waals surface area contributed by atoms with Gasteiger partial charge in [-0.25, -0.2) is 0 Å². The summed E-state index contributed by atoms with van der Waals surface area (Å²) in [4.78, 5) is 11.2. The quantitative estimate of drug-likeness (QED) is 0.440. The Morgan fingerprint density at radius 1 is 1.35 bits per heavy atom. The number of halogens is 2. The maximum absolute atomic E-state index is 11.2. The largest absolute Gasteiger partial charge is 0.375 e. The number of rotatable bonds is 3. The minimum Gasteiger partial charge on any atom is -0.375 e. The molecule has 8 heteroatoms. The van der Waals surface area contributed by atoms with Crippen LogP contribution in [0.5, 0.6) is 0 Å². The van der Waals surface area contributed by atoms with Gasteiger partial charge in [0.05, 0.1) is 10.0 Å². The lowest BCUT2D eigenvalue weighted by Gasteiger charge is -2.06. The molecule has 0 saturated heterocycles. The summed E-state index contributed by atoms with van der Waals surface area (Å²) in [5.41, 5.74) is 12.8. The van der Waals surface area contributed by atoms with Crippen molar-refractivity contribution in [3.05, 3.63) is 33.8 Å². The second kappa shape index (κ2) is 5.81. The lowest BCUT2D eigenvalue weighted by molar-refractivity contribution is -0.111. The first-order chi connectivity index (χ1) is 7.93. The highest BCUT2D eigenvalue weighted by Gasteiger charge is 2.16. The molecule has 1 rings (SSSR count). The third kappa shape index (κ3) is 3.55. The lowest BCUT2D eigenvalue weighted by Crippen LogP contribution is -2.31. The van der Waals surface area contributed by atoms with E-state index in [1.807, 2.05) is 0 Å². The number of hydrazone groups is 1. The minimum absolute atomic E-state index is 0.0955. The number of nitrogens with two attached hydrogens (primary N) is 2. The van der Waals surface area contributed by atoms with Gasteiger partial charge in [-0.1, -0.05) is 35.3 Å². The molecule has 17 heavy (non-hydrogen) atoms. The number of nitrogens with one attached hydrogen (secondary N) is 1. The Labute approximate surface area is 113 Å². The Kier molecular flexibility index (Phi) is 4.68. The van der Waals surface area contributed by atoms with Gasteiger partial charge in [-0.2, -0.15) is 5.10 Å². The molecule has 0 aliphatic rings. The summed E-state index contributed by atoms with van der Waals surface area (Å²) in [6.45, 7) is 0. The first-order valence-electron chi connectivity index (χ1n) is 4.30. The minimum atomic E-state index is -0.780. The van der Waals surface area contributed by atoms with E-state index in [0.717, 1.165) is 0 Å². The van der Waals surface area contributed by atoms with Crippen molar-refractivity contribution in [1.29, 1.82) is 0 Å². The fourth-order valence-corrected chi connectivity index (χ4v) is 1.48. The van der Waals surface area contributed by atoms with Crippen LogP contribution in [0.25, 0.3) is 0 Å². The topological polar surface area (TPSA) is 93.5 Å². The van der Waals surface area contributed by atoms with Crippen LogP contribution in [-0.2, 0) is 4.79 Å². The zero-order valence-electron chi connectivity index (χ0n) is 8.41. The van der Waals surface area contributed by atoms with Gasteiger partial charge in [-0.05, 0) is 18.3 Å². The predicted octanol–water partition coefficient (Wildman–Crippen LogP) is 1.02. The molecule has 0 aliphatic heterocycles. The average molecular weight is 291 g/mol. The lowest BCUT2D eigenvalue weighted by atomic mass is 10.1. The molecule has 1 aromatic rings. The predicted molar refractivity (Wildman–Crippen MR) is 72.1 cm³/mol. The summed E-state index contributed by atoms with van der Waals surface area (Å²) >= 11 is 16.3. The van der Waals surface area contributed by atoms with Crippen LogP contribution in [0.2, 0.25) is 10.0 Å². The summed E-state index contributed by atoms with van der Waals surface area (Å²) in [5.74, 6) is -0.780. The molecule has 0 radical (unpaired) electrons. The van der Waals surface area contributed by atoms with E-state index < -0.39 is 5.91 Å². The van der Waals surface area contributed by atoms with Gasteiger partial charge in [-0.3, -0.25) is 10.2 Å². The van der Waals surface area contributed by atoms with Crippen molar-refractivity contribution in [1.82, 2.24) is 5.43 Å². The molecule has 1 aromatic carbocycles. The van der Waals surface area contributed by atoms with E-state index in [1.54, 1.807) is 18.2 Å². The molecule has 0 aliphatic carbocycles. The number of benzene rings is 1. The van der Waals surface area contributed by atoms with Gasteiger partial charge in [0.1, 0.15) is 0 Å². The number of carbonyl (C=O) groups is 1. The van der Waals surface area contributed by atoms with Gasteiger partial charge in [0.2, 0.25) is 0 Å². The molecule has 0 spiro atoms. The van der Waals surface area contributed by atoms with E-state index in [1.165, 1.54) is 0 Å². The fourth-order valence-electron chi connectivity index (χ4n) is 1.05. The number of amides is 1. The van der Waals surface area contributed by atoms with Gasteiger partial charge in [-0.15, -0.1) is 0 Å². The van der Waals surface area contributed by atoms with E-state index in [0.29, 0.717) is 5.56 Å². The summed E-state index contributed by atoms with van der Waals surface area (Å²) < 4.78 is 0. The highest BCUT2D eigenvalue weighted by Crippen LogP contribution is 2.25. The van der Waals surface area contributed by atoms with Gasteiger partial charge in [0.15, 0.2) is 10.8 Å². The maximum Gasteiger partial charge on any atom is 0.269 e. The first kappa shape index (κ1) is 13.7. The van der Waals surface area contributed by atoms with Crippen LogP contribution >= 0.6 is 35.4 Å². The van der Waals surface area contributed by atoms with E-state index in [2.05, 4.69) is 22.7 Å². The molecule has 5 nitrogen and oxygen atoms in total. The molecule has 5 N–H and O–H groups in total. The zero-order chi connectivity index (χ0) is 13.0. The molecule has 90 valence electrons. The Balaban J connectivity index is 3.24. The second-order valence-electron chi connectivity index (χ2n) is 2.90. The van der Waals surface area contributed by atoms with Crippen molar-refractivity contribution >= 4 is 52.2 Å². The summed E-state index contributed by atoms with van der Waals surface area (Å²) in [7, 11) is 0. The van der Waals surface area contributed by atoms with E-state index in [-0.39, 0.29) is 20.9 Å². The van der Waals surface area contributed by atoms with Crippen molar-refractivity contribution in [2.75, 3.05) is 0 Å². The Bertz CT molecular complexity index is 504. The Hall–Kier alpha value is -1.37. The van der Waals surface area contributed by atoms with Crippen LogP contribution < -0.4 is 16.9 Å². The number of thiocarbonyl (C=S) groups is 1. The number of nitrogens with zero attached hydrogens (tertiary/aromatic N) is 1. The number of primary amides is 1. The Morgan fingerprint density at radius 2 is 2.00 bits per heavy atom. The third-order valence-corrected chi connectivity index (χ3v) is 2.63. The van der Waals surface area contributed by atoms with Crippen molar-refractivity contribution < 1.29 is 4.79 Å². The molecular formula is C9H8Cl2N4OS. The second-order valence-corrected chi connectivity index (χ2v) is 4.13. The molecule has 1 amide bonds. The van der Waals surface area contributed by atoms with Crippen molar-refractivity contribution in [3.8, 4) is 0 Å². The van der Waals surface area contributed by atoms with E-state index in [9.17, 15) is 4.79 Å². The average Bonchev–Trinajstić information content (AvgIpc) is 2.23. The molecule has 0 heterocycles. The fraction of sp³-hybridized carbons (Fsp3) is 0. The molecule has 0 atom stereocenters. The molecule has 0 fully saturated rings. The van der Waals surface area contributed by atoms with Gasteiger partial charge in [0.25, 0.3) is 5.91 Å². The van der Waals surface area contributed by atoms with Crippen LogP contribution in [0, 0.1) is 0 Å². The molecule has 0 saturated carbocycles. The van der Waals surface area contributed by atoms with Crippen LogP contribution in [0.1, 0.15) is 5.56 Å². The van der Waals surface area contributed by atoms with Gasteiger partial charge < -0.3 is 11.5 Å². The zero-order valence-corrected chi connectivity index (χ0v) is 10.7. The van der Waals surface area contributed by atoms with Crippen LogP contribution in [0.15, 0.2) is 23.3 Å². The number of hydrogen-bond acceptors (Lipinski definition) is 3. The monoisotopic (exact) mass is 290 g/mol. The highest BCUT2D eigenvalue weighted by atomic mass is 35.5. The third-order valence-electron chi connectivity index (χ3n) is 1.72.